The van der Waals surface area contributed by atoms with Crippen molar-refractivity contribution >= 4 is 15.9 Å². The molecule has 1 aromatic rings. The molecule has 0 bridgehead atoms. The predicted octanol–water partition coefficient (Wildman–Crippen LogP) is 5.16. The van der Waals surface area contributed by atoms with E-state index in [2.05, 4.69) is 32.7 Å². The molecule has 1 heterocycles. The highest BCUT2D eigenvalue weighted by Gasteiger charge is 2.32. The average molecular weight is 405 g/mol. The minimum absolute atomic E-state index is 0.00795. The van der Waals surface area contributed by atoms with E-state index in [9.17, 15) is 13.2 Å². The molecule has 0 unspecified atom stereocenters. The van der Waals surface area contributed by atoms with Gasteiger partial charge in [-0.05, 0) is 43.0 Å². The van der Waals surface area contributed by atoms with Gasteiger partial charge in [0.2, 0.25) is 0 Å². The first-order valence-corrected chi connectivity index (χ1v) is 9.15. The number of piperazine rings is 1. The molecule has 24 heavy (non-hydrogen) atoms. The first kappa shape index (κ1) is 19.5. The number of allylic oxidation sites excluding steroid dienone is 1. The first-order chi connectivity index (χ1) is 11.4. The van der Waals surface area contributed by atoms with Crippen molar-refractivity contribution in [2.24, 2.45) is 0 Å². The van der Waals surface area contributed by atoms with Gasteiger partial charge in [0, 0.05) is 36.7 Å². The zero-order valence-electron chi connectivity index (χ0n) is 13.7. The maximum atomic E-state index is 13.1. The zero-order valence-corrected chi connectivity index (χ0v) is 15.3. The highest BCUT2D eigenvalue weighted by molar-refractivity contribution is 9.10. The number of alkyl halides is 3. The second kappa shape index (κ2) is 9.02. The molecule has 2 nitrogen and oxygen atoms in total. The van der Waals surface area contributed by atoms with Crippen molar-refractivity contribution in [2.75, 3.05) is 26.2 Å². The van der Waals surface area contributed by atoms with Gasteiger partial charge in [-0.1, -0.05) is 28.4 Å². The molecular weight excluding hydrogens is 381 g/mol. The fourth-order valence-corrected chi connectivity index (χ4v) is 3.64. The van der Waals surface area contributed by atoms with Gasteiger partial charge in [0.15, 0.2) is 0 Å². The Bertz CT molecular complexity index is 540. The van der Waals surface area contributed by atoms with E-state index >= 15 is 0 Å². The Labute approximate surface area is 150 Å². The maximum absolute atomic E-state index is 13.1. The van der Waals surface area contributed by atoms with Gasteiger partial charge in [-0.3, -0.25) is 4.90 Å². The number of nitrogens with one attached hydrogen (secondary N) is 1. The number of halogens is 4. The third-order valence-electron chi connectivity index (χ3n) is 4.41. The summed E-state index contributed by atoms with van der Waals surface area (Å²) in [4.78, 5) is 2.30. The van der Waals surface area contributed by atoms with Crippen molar-refractivity contribution in [3.63, 3.8) is 0 Å². The largest absolute Gasteiger partial charge is 0.416 e. The van der Waals surface area contributed by atoms with Crippen LogP contribution in [0.25, 0.3) is 0 Å². The van der Waals surface area contributed by atoms with Crippen LogP contribution in [-0.2, 0) is 6.18 Å². The topological polar surface area (TPSA) is 15.3 Å². The lowest BCUT2D eigenvalue weighted by Gasteiger charge is -2.36. The molecule has 1 saturated heterocycles. The smallest absolute Gasteiger partial charge is 0.314 e. The SMILES string of the molecule is C=CCCCC[C@@H](c1cc(C(F)(F)F)ccc1Br)N1CCNCC1. The van der Waals surface area contributed by atoms with E-state index in [4.69, 9.17) is 0 Å². The Balaban J connectivity index is 2.25. The van der Waals surface area contributed by atoms with E-state index in [0.29, 0.717) is 0 Å². The molecule has 0 radical (unpaired) electrons. The summed E-state index contributed by atoms with van der Waals surface area (Å²) in [6.45, 7) is 7.19. The number of nitrogens with zero attached hydrogens (tertiary/aromatic N) is 1. The van der Waals surface area contributed by atoms with Crippen molar-refractivity contribution < 1.29 is 13.2 Å². The minimum Gasteiger partial charge on any atom is -0.314 e. The molecule has 2 rings (SSSR count). The molecule has 1 atom stereocenters. The van der Waals surface area contributed by atoms with Gasteiger partial charge in [-0.15, -0.1) is 6.58 Å². The number of rotatable bonds is 7. The fourth-order valence-electron chi connectivity index (χ4n) is 3.13. The molecule has 0 aliphatic carbocycles. The van der Waals surface area contributed by atoms with Crippen LogP contribution in [0.15, 0.2) is 35.3 Å². The summed E-state index contributed by atoms with van der Waals surface area (Å²) in [7, 11) is 0. The zero-order chi connectivity index (χ0) is 17.6. The second-order valence-electron chi connectivity index (χ2n) is 6.11. The van der Waals surface area contributed by atoms with Crippen LogP contribution in [0.5, 0.6) is 0 Å². The normalized spacial score (nSPS) is 17.7. The molecule has 134 valence electrons. The lowest BCUT2D eigenvalue weighted by molar-refractivity contribution is -0.137. The van der Waals surface area contributed by atoms with Crippen LogP contribution >= 0.6 is 15.9 Å². The van der Waals surface area contributed by atoms with Gasteiger partial charge in [-0.2, -0.15) is 13.2 Å². The molecule has 1 aromatic carbocycles. The van der Waals surface area contributed by atoms with E-state index in [-0.39, 0.29) is 6.04 Å². The molecule has 0 amide bonds. The number of benzene rings is 1. The van der Waals surface area contributed by atoms with Crippen molar-refractivity contribution in [1.82, 2.24) is 10.2 Å². The Morgan fingerprint density at radius 3 is 2.58 bits per heavy atom. The van der Waals surface area contributed by atoms with E-state index in [1.165, 1.54) is 12.1 Å². The Morgan fingerprint density at radius 2 is 1.96 bits per heavy atom. The average Bonchev–Trinajstić information content (AvgIpc) is 2.56. The number of unbranched alkanes of at least 4 members (excludes halogenated alkanes) is 2. The molecular formula is C18H24BrF3N2. The monoisotopic (exact) mass is 404 g/mol. The van der Waals surface area contributed by atoms with Crippen LogP contribution in [-0.4, -0.2) is 31.1 Å². The summed E-state index contributed by atoms with van der Waals surface area (Å²) < 4.78 is 40.1. The maximum Gasteiger partial charge on any atom is 0.416 e. The van der Waals surface area contributed by atoms with E-state index in [1.807, 2.05) is 6.08 Å². The molecule has 0 spiro atoms. The molecule has 6 heteroatoms. The van der Waals surface area contributed by atoms with Gasteiger partial charge >= 0.3 is 6.18 Å². The summed E-state index contributed by atoms with van der Waals surface area (Å²) in [6, 6.07) is 3.98. The van der Waals surface area contributed by atoms with Crippen LogP contribution in [0.3, 0.4) is 0 Å². The Kier molecular flexibility index (Phi) is 7.32. The van der Waals surface area contributed by atoms with Gasteiger partial charge in [0.1, 0.15) is 0 Å². The highest BCUT2D eigenvalue weighted by Crippen LogP contribution is 2.37. The van der Waals surface area contributed by atoms with Crippen molar-refractivity contribution in [1.29, 1.82) is 0 Å². The van der Waals surface area contributed by atoms with Crippen LogP contribution in [0.2, 0.25) is 0 Å². The summed E-state index contributed by atoms with van der Waals surface area (Å²) in [5, 5.41) is 3.30. The predicted molar refractivity (Wildman–Crippen MR) is 95.0 cm³/mol. The highest BCUT2D eigenvalue weighted by atomic mass is 79.9. The minimum atomic E-state index is -4.31. The van der Waals surface area contributed by atoms with Crippen LogP contribution < -0.4 is 5.32 Å². The third-order valence-corrected chi connectivity index (χ3v) is 5.13. The Morgan fingerprint density at radius 1 is 1.25 bits per heavy atom. The molecule has 1 aliphatic heterocycles. The number of hydrogen-bond acceptors (Lipinski definition) is 2. The molecule has 0 aromatic heterocycles. The second-order valence-corrected chi connectivity index (χ2v) is 6.96. The van der Waals surface area contributed by atoms with Crippen molar-refractivity contribution in [3.8, 4) is 0 Å². The van der Waals surface area contributed by atoms with Gasteiger partial charge in [-0.25, -0.2) is 0 Å². The molecule has 0 saturated carbocycles. The van der Waals surface area contributed by atoms with E-state index < -0.39 is 11.7 Å². The third kappa shape index (κ3) is 5.33. The lowest BCUT2D eigenvalue weighted by atomic mass is 9.96. The summed E-state index contributed by atoms with van der Waals surface area (Å²) in [5.41, 5.74) is 0.164. The van der Waals surface area contributed by atoms with Gasteiger partial charge < -0.3 is 5.32 Å². The quantitative estimate of drug-likeness (QED) is 0.498. The standard InChI is InChI=1S/C18H24BrF3N2/c1-2-3-4-5-6-17(24-11-9-23-10-12-24)15-13-14(18(20,21)22)7-8-16(15)19/h2,7-8,13,17,23H,1,3-6,9-12H2/t17-/m0/s1. The lowest BCUT2D eigenvalue weighted by Crippen LogP contribution is -2.45. The summed E-state index contributed by atoms with van der Waals surface area (Å²) in [6.07, 6.45) is 1.37. The number of hydrogen-bond donors (Lipinski definition) is 1. The molecule has 1 N–H and O–H groups in total. The van der Waals surface area contributed by atoms with Crippen molar-refractivity contribution in [3.05, 3.63) is 46.5 Å². The van der Waals surface area contributed by atoms with E-state index in [0.717, 1.165) is 68.0 Å². The first-order valence-electron chi connectivity index (χ1n) is 8.36. The van der Waals surface area contributed by atoms with E-state index in [1.54, 1.807) is 0 Å². The van der Waals surface area contributed by atoms with Crippen LogP contribution in [0, 0.1) is 0 Å². The van der Waals surface area contributed by atoms with Gasteiger partial charge in [0.25, 0.3) is 0 Å². The van der Waals surface area contributed by atoms with Crippen molar-refractivity contribution in [2.45, 2.75) is 37.9 Å². The fraction of sp³-hybridized carbons (Fsp3) is 0.556. The molecule has 1 fully saturated rings. The molecule has 1 aliphatic rings. The van der Waals surface area contributed by atoms with Crippen LogP contribution in [0.1, 0.15) is 42.9 Å². The van der Waals surface area contributed by atoms with Crippen LogP contribution in [0.4, 0.5) is 13.2 Å². The summed E-state index contributed by atoms with van der Waals surface area (Å²) in [5.74, 6) is 0. The van der Waals surface area contributed by atoms with Gasteiger partial charge in [0.05, 0.1) is 5.56 Å². The Hall–Kier alpha value is -0.850. The summed E-state index contributed by atoms with van der Waals surface area (Å²) >= 11 is 3.46.